The fourth-order valence-electron chi connectivity index (χ4n) is 9.01. The molecule has 0 amide bonds. The molecule has 6 nitrogen and oxygen atoms in total. The van der Waals surface area contributed by atoms with Gasteiger partial charge in [-0.15, -0.1) is 0 Å². The minimum Gasteiger partial charge on any atom is -0.349 e. The van der Waals surface area contributed by atoms with Gasteiger partial charge in [0, 0.05) is 41.5 Å². The van der Waals surface area contributed by atoms with E-state index in [1.807, 2.05) is 6.20 Å². The summed E-state index contributed by atoms with van der Waals surface area (Å²) < 4.78 is 0. The lowest BCUT2D eigenvalue weighted by Gasteiger charge is -2.38. The standard InChI is InChI=1S/C42H36N6/c1-26-15-7-9-19-29(26)39-43-25-35-40(44-39)48(31-21-11-8-16-27(31)2)41(45(35)3)37-36-30-20-10-12-22-32(30)47-34-24-14-13-23-33(34)46(42(47)38(36)37)28-17-5-4-6-18-28/h4-25,36-38,41-42H,1-3H3. The first-order chi connectivity index (χ1) is 23.6. The summed E-state index contributed by atoms with van der Waals surface area (Å²) in [5.74, 6) is 2.85. The molecule has 1 aromatic heterocycles. The molecule has 48 heavy (non-hydrogen) atoms. The van der Waals surface area contributed by atoms with Gasteiger partial charge < -0.3 is 19.6 Å². The Kier molecular flexibility index (Phi) is 5.83. The normalized spacial score (nSPS) is 22.9. The summed E-state index contributed by atoms with van der Waals surface area (Å²) in [7, 11) is 2.24. The van der Waals surface area contributed by atoms with Gasteiger partial charge in [-0.1, -0.05) is 91.0 Å². The van der Waals surface area contributed by atoms with Crippen LogP contribution in [0.2, 0.25) is 0 Å². The van der Waals surface area contributed by atoms with Gasteiger partial charge >= 0.3 is 0 Å². The van der Waals surface area contributed by atoms with Gasteiger partial charge in [0.1, 0.15) is 18.0 Å². The summed E-state index contributed by atoms with van der Waals surface area (Å²) in [5.41, 5.74) is 12.3. The zero-order valence-electron chi connectivity index (χ0n) is 27.3. The average Bonchev–Trinajstić information content (AvgIpc) is 3.66. The Morgan fingerprint density at radius 2 is 1.12 bits per heavy atom. The maximum absolute atomic E-state index is 5.37. The van der Waals surface area contributed by atoms with E-state index in [2.05, 4.69) is 168 Å². The van der Waals surface area contributed by atoms with Gasteiger partial charge in [0.15, 0.2) is 11.6 Å². The number of fused-ring (bicyclic) bond motifs is 9. The zero-order chi connectivity index (χ0) is 32.1. The zero-order valence-corrected chi connectivity index (χ0v) is 27.3. The molecule has 234 valence electrons. The molecule has 5 atom stereocenters. The Balaban J connectivity index is 1.16. The second-order valence-corrected chi connectivity index (χ2v) is 13.6. The predicted molar refractivity (Wildman–Crippen MR) is 195 cm³/mol. The van der Waals surface area contributed by atoms with Crippen LogP contribution >= 0.6 is 0 Å². The van der Waals surface area contributed by atoms with E-state index in [1.165, 1.54) is 45.1 Å². The molecule has 10 rings (SSSR count). The molecule has 1 saturated carbocycles. The van der Waals surface area contributed by atoms with Crippen molar-refractivity contribution in [3.05, 3.63) is 150 Å². The molecule has 0 N–H and O–H groups in total. The van der Waals surface area contributed by atoms with Crippen LogP contribution in [0.1, 0.15) is 22.6 Å². The van der Waals surface area contributed by atoms with Gasteiger partial charge in [0.05, 0.1) is 17.6 Å². The van der Waals surface area contributed by atoms with Crippen molar-refractivity contribution in [2.45, 2.75) is 32.1 Å². The molecule has 6 aromatic rings. The van der Waals surface area contributed by atoms with E-state index in [0.717, 1.165) is 22.9 Å². The molecule has 1 aliphatic carbocycles. The molecule has 4 heterocycles. The van der Waals surface area contributed by atoms with Crippen LogP contribution in [0.15, 0.2) is 134 Å². The highest BCUT2D eigenvalue weighted by molar-refractivity contribution is 5.91. The summed E-state index contributed by atoms with van der Waals surface area (Å²) in [5, 5.41) is 0. The highest BCUT2D eigenvalue weighted by Crippen LogP contribution is 2.70. The van der Waals surface area contributed by atoms with Crippen molar-refractivity contribution >= 4 is 39.9 Å². The van der Waals surface area contributed by atoms with Crippen LogP contribution in [0, 0.1) is 25.7 Å². The van der Waals surface area contributed by atoms with Crippen molar-refractivity contribution < 1.29 is 0 Å². The van der Waals surface area contributed by atoms with E-state index >= 15 is 0 Å². The van der Waals surface area contributed by atoms with E-state index in [4.69, 9.17) is 9.97 Å². The van der Waals surface area contributed by atoms with Gasteiger partial charge in [0.25, 0.3) is 0 Å². The molecule has 0 radical (unpaired) electrons. The molecule has 1 fully saturated rings. The van der Waals surface area contributed by atoms with Crippen molar-refractivity contribution in [3.63, 3.8) is 0 Å². The van der Waals surface area contributed by atoms with Crippen LogP contribution in [0.5, 0.6) is 0 Å². The van der Waals surface area contributed by atoms with Crippen LogP contribution < -0.4 is 19.6 Å². The summed E-state index contributed by atoms with van der Waals surface area (Å²) >= 11 is 0. The Bertz CT molecular complexity index is 2210. The number of hydrogen-bond acceptors (Lipinski definition) is 6. The largest absolute Gasteiger partial charge is 0.349 e. The first-order valence-electron chi connectivity index (χ1n) is 16.9. The maximum atomic E-state index is 5.37. The third-order valence-electron chi connectivity index (χ3n) is 11.1. The Hall–Kier alpha value is -5.62. The van der Waals surface area contributed by atoms with Gasteiger partial charge in [-0.05, 0) is 72.9 Å². The fraction of sp³-hybridized carbons (Fsp3) is 0.190. The Morgan fingerprint density at radius 3 is 1.88 bits per heavy atom. The minimum absolute atomic E-state index is 0.0619. The summed E-state index contributed by atoms with van der Waals surface area (Å²) in [6.07, 6.45) is 2.26. The second-order valence-electron chi connectivity index (χ2n) is 13.6. The quantitative estimate of drug-likeness (QED) is 0.195. The Labute approximate surface area is 281 Å². The molecular weight excluding hydrogens is 589 g/mol. The lowest BCUT2D eigenvalue weighted by Crippen LogP contribution is -2.45. The lowest BCUT2D eigenvalue weighted by molar-refractivity contribution is 0.498. The van der Waals surface area contributed by atoms with E-state index in [0.29, 0.717) is 17.8 Å². The molecule has 0 spiro atoms. The molecule has 5 aromatic carbocycles. The highest BCUT2D eigenvalue weighted by atomic mass is 15.5. The summed E-state index contributed by atoms with van der Waals surface area (Å²) in [6, 6.07) is 46.1. The highest BCUT2D eigenvalue weighted by Gasteiger charge is 2.68. The smallest absolute Gasteiger partial charge is 0.162 e. The third-order valence-corrected chi connectivity index (χ3v) is 11.1. The number of aromatic nitrogens is 2. The van der Waals surface area contributed by atoms with Gasteiger partial charge in [0.2, 0.25) is 0 Å². The van der Waals surface area contributed by atoms with Crippen LogP contribution in [0.3, 0.4) is 0 Å². The molecule has 4 aliphatic rings. The topological polar surface area (TPSA) is 38.7 Å². The average molecular weight is 625 g/mol. The first kappa shape index (κ1) is 27.5. The third kappa shape index (κ3) is 3.74. The predicted octanol–water partition coefficient (Wildman–Crippen LogP) is 9.33. The monoisotopic (exact) mass is 624 g/mol. The number of anilines is 7. The molecule has 0 bridgehead atoms. The van der Waals surface area contributed by atoms with E-state index in [1.54, 1.807) is 0 Å². The number of aryl methyl sites for hydroxylation is 2. The van der Waals surface area contributed by atoms with Crippen LogP contribution in [0.25, 0.3) is 11.4 Å². The summed E-state index contributed by atoms with van der Waals surface area (Å²) in [4.78, 5) is 20.5. The molecule has 5 unspecified atom stereocenters. The van der Waals surface area contributed by atoms with E-state index in [-0.39, 0.29) is 12.3 Å². The first-order valence-corrected chi connectivity index (χ1v) is 16.9. The van der Waals surface area contributed by atoms with E-state index in [9.17, 15) is 0 Å². The second kappa shape index (κ2) is 10.2. The van der Waals surface area contributed by atoms with Crippen molar-refractivity contribution in [2.75, 3.05) is 26.6 Å². The maximum Gasteiger partial charge on any atom is 0.162 e. The van der Waals surface area contributed by atoms with Crippen LogP contribution in [-0.4, -0.2) is 29.3 Å². The molecule has 3 aliphatic heterocycles. The minimum atomic E-state index is 0.0619. The lowest BCUT2D eigenvalue weighted by atomic mass is 9.99. The van der Waals surface area contributed by atoms with Crippen LogP contribution in [-0.2, 0) is 0 Å². The number of hydrogen-bond donors (Lipinski definition) is 0. The summed E-state index contributed by atoms with van der Waals surface area (Å²) in [6.45, 7) is 4.35. The van der Waals surface area contributed by atoms with Gasteiger partial charge in [-0.3, -0.25) is 0 Å². The van der Waals surface area contributed by atoms with Crippen LogP contribution in [0.4, 0.5) is 39.9 Å². The number of rotatable bonds is 4. The number of benzene rings is 5. The van der Waals surface area contributed by atoms with Crippen molar-refractivity contribution in [1.29, 1.82) is 0 Å². The SMILES string of the molecule is Cc1ccccc1-c1ncc2c(n1)N(c1ccccc1C)C(C1C3c4ccccc4N4c5ccccc5N(c5ccccc5)C4C31)N2C. The van der Waals surface area contributed by atoms with Gasteiger partial charge in [-0.2, -0.15) is 0 Å². The van der Waals surface area contributed by atoms with E-state index < -0.39 is 0 Å². The number of nitrogens with zero attached hydrogens (tertiary/aromatic N) is 6. The van der Waals surface area contributed by atoms with Crippen molar-refractivity contribution in [3.8, 4) is 11.4 Å². The molecule has 0 saturated heterocycles. The van der Waals surface area contributed by atoms with Gasteiger partial charge in [-0.25, -0.2) is 9.97 Å². The molecule has 6 heteroatoms. The Morgan fingerprint density at radius 1 is 0.521 bits per heavy atom. The number of para-hydroxylation sites is 5. The molecular formula is C42H36N6. The van der Waals surface area contributed by atoms with Crippen molar-refractivity contribution in [1.82, 2.24) is 9.97 Å². The fourth-order valence-corrected chi connectivity index (χ4v) is 9.01. The van der Waals surface area contributed by atoms with Crippen molar-refractivity contribution in [2.24, 2.45) is 11.8 Å².